The van der Waals surface area contributed by atoms with Crippen LogP contribution in [0.3, 0.4) is 0 Å². The number of thioether (sulfide) groups is 1. The lowest BCUT2D eigenvalue weighted by atomic mass is 10.2. The predicted octanol–water partition coefficient (Wildman–Crippen LogP) is 4.36. The number of nitrogens with zero attached hydrogens (tertiary/aromatic N) is 2. The molecule has 4 rings (SSSR count). The molecule has 0 bridgehead atoms. The third-order valence-corrected chi connectivity index (χ3v) is 6.62. The number of amides is 2. The summed E-state index contributed by atoms with van der Waals surface area (Å²) in [5, 5.41) is 1.60. The van der Waals surface area contributed by atoms with Crippen molar-refractivity contribution in [3.63, 3.8) is 0 Å². The Hall–Kier alpha value is -3.30. The Kier molecular flexibility index (Phi) is 6.24. The molecule has 2 aromatic carbocycles. The molecule has 156 valence electrons. The average Bonchev–Trinajstić information content (AvgIpc) is 3.18. The first-order valence-corrected chi connectivity index (χ1v) is 11.1. The number of halogens is 1. The summed E-state index contributed by atoms with van der Waals surface area (Å²) in [5.41, 5.74) is 6.95. The molecular formula is C22H17FN4O2S2. The molecule has 4 aromatic rings. The van der Waals surface area contributed by atoms with Crippen LogP contribution in [0.4, 0.5) is 4.39 Å². The third-order valence-electron chi connectivity index (χ3n) is 4.36. The predicted molar refractivity (Wildman–Crippen MR) is 120 cm³/mol. The fourth-order valence-electron chi connectivity index (χ4n) is 2.88. The Morgan fingerprint density at radius 1 is 1.06 bits per heavy atom. The maximum absolute atomic E-state index is 13.1. The van der Waals surface area contributed by atoms with Crippen LogP contribution in [-0.4, -0.2) is 27.5 Å². The molecule has 9 heteroatoms. The van der Waals surface area contributed by atoms with Crippen molar-refractivity contribution in [3.8, 4) is 10.6 Å². The summed E-state index contributed by atoms with van der Waals surface area (Å²) in [7, 11) is 0. The van der Waals surface area contributed by atoms with Crippen LogP contribution >= 0.6 is 23.1 Å². The summed E-state index contributed by atoms with van der Waals surface area (Å²) in [6.45, 7) is 1.71. The van der Waals surface area contributed by atoms with Gasteiger partial charge in [-0.3, -0.25) is 25.4 Å². The Balaban J connectivity index is 1.35. The van der Waals surface area contributed by atoms with E-state index in [1.807, 2.05) is 30.3 Å². The van der Waals surface area contributed by atoms with Gasteiger partial charge < -0.3 is 0 Å². The standard InChI is InChI=1S/C22H17FN4O2S2/c1-13-20(31-22(25-13)15-7-9-16(23)10-8-15)21(29)27-26-18(28)12-30-17-6-2-4-14-5-3-11-24-19(14)17/h2-11H,12H2,1H3,(H,26,28)(H,27,29). The first-order valence-electron chi connectivity index (χ1n) is 9.30. The van der Waals surface area contributed by atoms with Crippen molar-refractivity contribution in [2.24, 2.45) is 0 Å². The second-order valence-electron chi connectivity index (χ2n) is 6.56. The molecule has 2 amide bonds. The number of thiazole rings is 1. The monoisotopic (exact) mass is 452 g/mol. The summed E-state index contributed by atoms with van der Waals surface area (Å²) >= 11 is 2.52. The van der Waals surface area contributed by atoms with Crippen molar-refractivity contribution in [1.82, 2.24) is 20.8 Å². The first kappa shape index (κ1) is 21.0. The zero-order chi connectivity index (χ0) is 21.8. The highest BCUT2D eigenvalue weighted by molar-refractivity contribution is 8.00. The summed E-state index contributed by atoms with van der Waals surface area (Å²) in [4.78, 5) is 34.7. The van der Waals surface area contributed by atoms with Crippen molar-refractivity contribution in [2.75, 3.05) is 5.75 Å². The van der Waals surface area contributed by atoms with E-state index in [-0.39, 0.29) is 17.5 Å². The minimum absolute atomic E-state index is 0.123. The van der Waals surface area contributed by atoms with Gasteiger partial charge in [0, 0.05) is 22.0 Å². The highest BCUT2D eigenvalue weighted by Crippen LogP contribution is 2.28. The number of hydrazine groups is 1. The molecule has 2 N–H and O–H groups in total. The number of fused-ring (bicyclic) bond motifs is 1. The summed E-state index contributed by atoms with van der Waals surface area (Å²) in [6.07, 6.45) is 1.71. The minimum Gasteiger partial charge on any atom is -0.272 e. The fraction of sp³-hybridized carbons (Fsp3) is 0.0909. The van der Waals surface area contributed by atoms with Crippen molar-refractivity contribution in [3.05, 3.63) is 77.2 Å². The van der Waals surface area contributed by atoms with Crippen LogP contribution in [0.5, 0.6) is 0 Å². The number of aryl methyl sites for hydroxylation is 1. The van der Waals surface area contributed by atoms with Crippen molar-refractivity contribution < 1.29 is 14.0 Å². The van der Waals surface area contributed by atoms with Crippen LogP contribution in [0.1, 0.15) is 15.4 Å². The molecular weight excluding hydrogens is 435 g/mol. The van der Waals surface area contributed by atoms with Crippen LogP contribution in [-0.2, 0) is 4.79 Å². The van der Waals surface area contributed by atoms with Gasteiger partial charge in [-0.1, -0.05) is 18.2 Å². The Morgan fingerprint density at radius 2 is 1.84 bits per heavy atom. The number of nitrogens with one attached hydrogen (secondary N) is 2. The van der Waals surface area contributed by atoms with Gasteiger partial charge in [-0.15, -0.1) is 23.1 Å². The number of pyridine rings is 1. The lowest BCUT2D eigenvalue weighted by Gasteiger charge is -2.07. The summed E-state index contributed by atoms with van der Waals surface area (Å²) in [6, 6.07) is 15.5. The molecule has 0 unspecified atom stereocenters. The molecule has 0 aliphatic heterocycles. The van der Waals surface area contributed by atoms with Crippen LogP contribution in [0.2, 0.25) is 0 Å². The zero-order valence-corrected chi connectivity index (χ0v) is 18.0. The van der Waals surface area contributed by atoms with Crippen LogP contribution in [0.15, 0.2) is 65.7 Å². The first-order chi connectivity index (χ1) is 15.0. The smallest absolute Gasteiger partial charge is 0.272 e. The molecule has 2 aromatic heterocycles. The second-order valence-corrected chi connectivity index (χ2v) is 8.58. The van der Waals surface area contributed by atoms with Gasteiger partial charge in [-0.2, -0.15) is 0 Å². The molecule has 0 aliphatic rings. The molecule has 0 radical (unpaired) electrons. The van der Waals surface area contributed by atoms with E-state index >= 15 is 0 Å². The molecule has 0 spiro atoms. The molecule has 0 atom stereocenters. The number of aromatic nitrogens is 2. The van der Waals surface area contributed by atoms with Gasteiger partial charge in [0.25, 0.3) is 5.91 Å². The zero-order valence-electron chi connectivity index (χ0n) is 16.4. The maximum Gasteiger partial charge on any atom is 0.281 e. The number of carbonyl (C=O) groups is 2. The third kappa shape index (κ3) is 4.89. The Bertz CT molecular complexity index is 1250. The van der Waals surface area contributed by atoms with E-state index in [0.29, 0.717) is 15.6 Å². The SMILES string of the molecule is Cc1nc(-c2ccc(F)cc2)sc1C(=O)NNC(=O)CSc1cccc2cccnc12. The van der Waals surface area contributed by atoms with Gasteiger partial charge in [0.05, 0.1) is 17.0 Å². The molecule has 6 nitrogen and oxygen atoms in total. The number of hydrogen-bond donors (Lipinski definition) is 2. The lowest BCUT2D eigenvalue weighted by Crippen LogP contribution is -2.42. The largest absolute Gasteiger partial charge is 0.281 e. The Morgan fingerprint density at radius 3 is 2.65 bits per heavy atom. The molecule has 0 saturated carbocycles. The van der Waals surface area contributed by atoms with E-state index in [1.165, 1.54) is 35.2 Å². The van der Waals surface area contributed by atoms with Crippen LogP contribution in [0.25, 0.3) is 21.5 Å². The van der Waals surface area contributed by atoms with Gasteiger partial charge in [0.15, 0.2) is 0 Å². The van der Waals surface area contributed by atoms with Crippen molar-refractivity contribution >= 4 is 45.8 Å². The van der Waals surface area contributed by atoms with E-state index in [0.717, 1.165) is 21.4 Å². The van der Waals surface area contributed by atoms with Crippen LogP contribution < -0.4 is 10.9 Å². The highest BCUT2D eigenvalue weighted by Gasteiger charge is 2.17. The summed E-state index contributed by atoms with van der Waals surface area (Å²) < 4.78 is 13.1. The minimum atomic E-state index is -0.450. The molecule has 0 aliphatic carbocycles. The molecule has 31 heavy (non-hydrogen) atoms. The maximum atomic E-state index is 13.1. The van der Waals surface area contributed by atoms with Gasteiger partial charge >= 0.3 is 0 Å². The van der Waals surface area contributed by atoms with E-state index in [1.54, 1.807) is 25.3 Å². The highest BCUT2D eigenvalue weighted by atomic mass is 32.2. The van der Waals surface area contributed by atoms with Gasteiger partial charge in [-0.05, 0) is 43.3 Å². The van der Waals surface area contributed by atoms with E-state index < -0.39 is 5.91 Å². The van der Waals surface area contributed by atoms with Gasteiger partial charge in [0.1, 0.15) is 15.7 Å². The quantitative estimate of drug-likeness (QED) is 0.347. The number of hydrogen-bond acceptors (Lipinski definition) is 6. The van der Waals surface area contributed by atoms with Crippen molar-refractivity contribution in [1.29, 1.82) is 0 Å². The van der Waals surface area contributed by atoms with Crippen molar-refractivity contribution in [2.45, 2.75) is 11.8 Å². The topological polar surface area (TPSA) is 84.0 Å². The molecule has 0 fully saturated rings. The lowest BCUT2D eigenvalue weighted by molar-refractivity contribution is -0.119. The van der Waals surface area contributed by atoms with Gasteiger partial charge in [0.2, 0.25) is 5.91 Å². The van der Waals surface area contributed by atoms with Gasteiger partial charge in [-0.25, -0.2) is 9.37 Å². The molecule has 0 saturated heterocycles. The number of carbonyl (C=O) groups excluding carboxylic acids is 2. The summed E-state index contributed by atoms with van der Waals surface area (Å²) in [5.74, 6) is -1.01. The normalized spacial score (nSPS) is 10.8. The molecule has 2 heterocycles. The number of benzene rings is 2. The van der Waals surface area contributed by atoms with Crippen LogP contribution in [0, 0.1) is 12.7 Å². The van der Waals surface area contributed by atoms with E-state index in [2.05, 4.69) is 20.8 Å². The fourth-order valence-corrected chi connectivity index (χ4v) is 4.69. The number of rotatable bonds is 5. The average molecular weight is 453 g/mol. The van der Waals surface area contributed by atoms with E-state index in [9.17, 15) is 14.0 Å². The number of para-hydroxylation sites is 1. The van der Waals surface area contributed by atoms with E-state index in [4.69, 9.17) is 0 Å². The Labute approximate surface area is 185 Å². The second kappa shape index (κ2) is 9.23.